The van der Waals surface area contributed by atoms with Gasteiger partial charge in [0.1, 0.15) is 5.54 Å². The van der Waals surface area contributed by atoms with E-state index in [1.54, 1.807) is 0 Å². The lowest BCUT2D eigenvalue weighted by Gasteiger charge is -2.37. The summed E-state index contributed by atoms with van der Waals surface area (Å²) in [5.41, 5.74) is -0.643. The lowest BCUT2D eigenvalue weighted by Crippen LogP contribution is -2.58. The molecule has 19 heavy (non-hydrogen) atoms. The van der Waals surface area contributed by atoms with Crippen molar-refractivity contribution in [1.82, 2.24) is 10.2 Å². The minimum absolute atomic E-state index is 0.0379. The molecule has 3 fully saturated rings. The zero-order valence-electron chi connectivity index (χ0n) is 11.9. The van der Waals surface area contributed by atoms with E-state index in [-0.39, 0.29) is 11.8 Å². The zero-order chi connectivity index (χ0) is 13.6. The average Bonchev–Trinajstić information content (AvgIpc) is 3.14. The monoisotopic (exact) mass is 264 g/mol. The zero-order valence-corrected chi connectivity index (χ0v) is 11.9. The van der Waals surface area contributed by atoms with Crippen molar-refractivity contribution in [1.29, 1.82) is 0 Å². The molecule has 1 saturated heterocycles. The highest BCUT2D eigenvalue weighted by Crippen LogP contribution is 2.42. The Balaban J connectivity index is 1.87. The molecule has 1 aliphatic heterocycles. The van der Waals surface area contributed by atoms with Crippen molar-refractivity contribution in [3.05, 3.63) is 0 Å². The van der Waals surface area contributed by atoms with E-state index in [1.807, 2.05) is 11.8 Å². The lowest BCUT2D eigenvalue weighted by molar-refractivity contribution is -0.141. The molecule has 3 unspecified atom stereocenters. The lowest BCUT2D eigenvalue weighted by atomic mass is 9.92. The van der Waals surface area contributed by atoms with E-state index in [0.29, 0.717) is 30.8 Å². The summed E-state index contributed by atoms with van der Waals surface area (Å²) in [6, 6.07) is 0.346. The topological polar surface area (TPSA) is 49.4 Å². The van der Waals surface area contributed by atoms with Crippen LogP contribution in [0.1, 0.15) is 52.4 Å². The Hall–Kier alpha value is -1.06. The van der Waals surface area contributed by atoms with Crippen LogP contribution in [0, 0.1) is 11.8 Å². The van der Waals surface area contributed by atoms with E-state index in [4.69, 9.17) is 0 Å². The number of carbonyl (C=O) groups is 2. The second-order valence-electron chi connectivity index (χ2n) is 6.75. The summed E-state index contributed by atoms with van der Waals surface area (Å²) in [5.74, 6) is 1.12. The minimum Gasteiger partial charge on any atom is -0.342 e. The third kappa shape index (κ3) is 2.15. The fraction of sp³-hybridized carbons (Fsp3) is 0.867. The van der Waals surface area contributed by atoms with E-state index >= 15 is 0 Å². The van der Waals surface area contributed by atoms with Gasteiger partial charge >= 0.3 is 0 Å². The van der Waals surface area contributed by atoms with Crippen LogP contribution in [-0.2, 0) is 9.59 Å². The van der Waals surface area contributed by atoms with E-state index in [2.05, 4.69) is 12.2 Å². The van der Waals surface area contributed by atoms with Crippen LogP contribution in [0.2, 0.25) is 0 Å². The SMILES string of the molecule is CC1CCCC1N1CCC(=O)NC(C)(C2CC2)C1=O. The van der Waals surface area contributed by atoms with Gasteiger partial charge in [0, 0.05) is 19.0 Å². The molecule has 1 N–H and O–H groups in total. The van der Waals surface area contributed by atoms with E-state index in [9.17, 15) is 9.59 Å². The van der Waals surface area contributed by atoms with Gasteiger partial charge in [-0.25, -0.2) is 0 Å². The second kappa shape index (κ2) is 4.50. The molecule has 2 aliphatic carbocycles. The van der Waals surface area contributed by atoms with Crippen molar-refractivity contribution in [2.24, 2.45) is 11.8 Å². The fourth-order valence-corrected chi connectivity index (χ4v) is 3.87. The van der Waals surface area contributed by atoms with Crippen molar-refractivity contribution < 1.29 is 9.59 Å². The molecule has 0 aromatic rings. The van der Waals surface area contributed by atoms with Crippen LogP contribution < -0.4 is 5.32 Å². The predicted octanol–water partition coefficient (Wildman–Crippen LogP) is 1.69. The maximum Gasteiger partial charge on any atom is 0.248 e. The number of carbonyl (C=O) groups excluding carboxylic acids is 2. The van der Waals surface area contributed by atoms with Gasteiger partial charge in [0.25, 0.3) is 0 Å². The molecule has 0 aromatic heterocycles. The van der Waals surface area contributed by atoms with Crippen LogP contribution in [0.4, 0.5) is 0 Å². The maximum absolute atomic E-state index is 12.9. The molecule has 3 rings (SSSR count). The van der Waals surface area contributed by atoms with Gasteiger partial charge in [-0.3, -0.25) is 9.59 Å². The van der Waals surface area contributed by atoms with E-state index in [1.165, 1.54) is 12.8 Å². The summed E-state index contributed by atoms with van der Waals surface area (Å²) in [4.78, 5) is 26.9. The fourth-order valence-electron chi connectivity index (χ4n) is 3.87. The summed E-state index contributed by atoms with van der Waals surface area (Å²) in [7, 11) is 0. The molecule has 4 nitrogen and oxygen atoms in total. The van der Waals surface area contributed by atoms with Gasteiger partial charge in [0.15, 0.2) is 0 Å². The van der Waals surface area contributed by atoms with Crippen molar-refractivity contribution in [3.63, 3.8) is 0 Å². The number of nitrogens with zero attached hydrogens (tertiary/aromatic N) is 1. The highest BCUT2D eigenvalue weighted by Gasteiger charge is 2.52. The Kier molecular flexibility index (Phi) is 3.06. The molecule has 4 heteroatoms. The first-order valence-corrected chi connectivity index (χ1v) is 7.64. The number of amides is 2. The largest absolute Gasteiger partial charge is 0.342 e. The molecular weight excluding hydrogens is 240 g/mol. The summed E-state index contributed by atoms with van der Waals surface area (Å²) in [5, 5.41) is 3.01. The van der Waals surface area contributed by atoms with Crippen molar-refractivity contribution >= 4 is 11.8 Å². The molecule has 0 aromatic carbocycles. The van der Waals surface area contributed by atoms with Crippen LogP contribution >= 0.6 is 0 Å². The summed E-state index contributed by atoms with van der Waals surface area (Å²) in [6.07, 6.45) is 6.10. The van der Waals surface area contributed by atoms with Gasteiger partial charge in [0.05, 0.1) is 0 Å². The second-order valence-corrected chi connectivity index (χ2v) is 6.75. The van der Waals surface area contributed by atoms with Gasteiger partial charge in [0.2, 0.25) is 11.8 Å². The highest BCUT2D eigenvalue weighted by atomic mass is 16.2. The normalized spacial score (nSPS) is 40.2. The third-order valence-electron chi connectivity index (χ3n) is 5.29. The Bertz CT molecular complexity index is 405. The number of hydrogen-bond donors (Lipinski definition) is 1. The summed E-state index contributed by atoms with van der Waals surface area (Å²) >= 11 is 0. The van der Waals surface area contributed by atoms with Gasteiger partial charge in [-0.2, -0.15) is 0 Å². The first-order chi connectivity index (χ1) is 9.02. The minimum atomic E-state index is -0.643. The summed E-state index contributed by atoms with van der Waals surface area (Å²) in [6.45, 7) is 4.77. The van der Waals surface area contributed by atoms with Crippen molar-refractivity contribution in [2.75, 3.05) is 6.54 Å². The highest BCUT2D eigenvalue weighted by molar-refractivity contribution is 5.94. The number of rotatable bonds is 2. The molecule has 2 saturated carbocycles. The van der Waals surface area contributed by atoms with Gasteiger partial charge in [-0.05, 0) is 44.4 Å². The first kappa shape index (κ1) is 12.9. The van der Waals surface area contributed by atoms with Crippen LogP contribution in [0.3, 0.4) is 0 Å². The van der Waals surface area contributed by atoms with Gasteiger partial charge in [-0.15, -0.1) is 0 Å². The quantitative estimate of drug-likeness (QED) is 0.825. The molecule has 0 radical (unpaired) electrons. The molecule has 2 amide bonds. The van der Waals surface area contributed by atoms with Crippen LogP contribution in [0.15, 0.2) is 0 Å². The molecule has 106 valence electrons. The summed E-state index contributed by atoms with van der Waals surface area (Å²) < 4.78 is 0. The number of hydrogen-bond acceptors (Lipinski definition) is 2. The van der Waals surface area contributed by atoms with Crippen LogP contribution in [0.5, 0.6) is 0 Å². The standard InChI is InChI=1S/C15H24N2O2/c1-10-4-3-5-12(10)17-9-8-13(18)16-15(2,14(17)19)11-6-7-11/h10-12H,3-9H2,1-2H3,(H,16,18). The third-order valence-corrected chi connectivity index (χ3v) is 5.29. The van der Waals surface area contributed by atoms with E-state index < -0.39 is 5.54 Å². The van der Waals surface area contributed by atoms with Crippen LogP contribution in [0.25, 0.3) is 0 Å². The Labute approximate surface area is 114 Å². The van der Waals surface area contributed by atoms with Crippen LogP contribution in [-0.4, -0.2) is 34.8 Å². The maximum atomic E-state index is 12.9. The smallest absolute Gasteiger partial charge is 0.248 e. The van der Waals surface area contributed by atoms with E-state index in [0.717, 1.165) is 19.3 Å². The van der Waals surface area contributed by atoms with Gasteiger partial charge < -0.3 is 10.2 Å². The molecule has 0 spiro atoms. The van der Waals surface area contributed by atoms with Gasteiger partial charge in [-0.1, -0.05) is 13.3 Å². The average molecular weight is 264 g/mol. The molecule has 1 heterocycles. The Morgan fingerprint density at radius 2 is 1.95 bits per heavy atom. The Morgan fingerprint density at radius 3 is 2.53 bits per heavy atom. The molecular formula is C15H24N2O2. The predicted molar refractivity (Wildman–Crippen MR) is 72.4 cm³/mol. The molecule has 3 aliphatic rings. The van der Waals surface area contributed by atoms with Crippen molar-refractivity contribution in [3.8, 4) is 0 Å². The van der Waals surface area contributed by atoms with Crippen molar-refractivity contribution in [2.45, 2.75) is 64.0 Å². The molecule has 3 atom stereocenters. The Morgan fingerprint density at radius 1 is 1.21 bits per heavy atom. The molecule has 0 bridgehead atoms. The first-order valence-electron chi connectivity index (χ1n) is 7.64. The number of nitrogens with one attached hydrogen (secondary N) is 1.